The van der Waals surface area contributed by atoms with Crippen molar-refractivity contribution in [3.05, 3.63) is 65.5 Å². The van der Waals surface area contributed by atoms with Crippen molar-refractivity contribution in [3.63, 3.8) is 0 Å². The first-order valence-electron chi connectivity index (χ1n) is 7.59. The highest BCUT2D eigenvalue weighted by molar-refractivity contribution is 6.01. The first kappa shape index (κ1) is 16.9. The minimum atomic E-state index is -0.789. The molecule has 1 fully saturated rings. The number of amidine groups is 1. The molecule has 3 rings (SSSR count). The van der Waals surface area contributed by atoms with Gasteiger partial charge in [-0.15, -0.1) is 0 Å². The van der Waals surface area contributed by atoms with Gasteiger partial charge in [-0.1, -0.05) is 24.3 Å². The summed E-state index contributed by atoms with van der Waals surface area (Å²) in [7, 11) is 0. The summed E-state index contributed by atoms with van der Waals surface area (Å²) < 4.78 is 18.3. The van der Waals surface area contributed by atoms with Crippen LogP contribution in [-0.4, -0.2) is 25.0 Å². The number of nitrogens with one attached hydrogen (secondary N) is 2. The standard InChI is InChI=1S/C17H18FN5O2/c18-13-5-7-14(8-6-13)21-16(24)17(9-25-10-17)12-3-1-11(2-4-12)15(22-19)23-20/h1-8H,9-10,19-20H2,(H,21,24)(H,22,23). The van der Waals surface area contributed by atoms with Crippen molar-refractivity contribution in [2.24, 2.45) is 16.8 Å². The number of hydrogen-bond acceptors (Lipinski definition) is 5. The molecule has 0 atom stereocenters. The molecule has 0 unspecified atom stereocenters. The Bertz CT molecular complexity index is 786. The number of hydrogen-bond donors (Lipinski definition) is 4. The molecule has 25 heavy (non-hydrogen) atoms. The quantitative estimate of drug-likeness (QED) is 0.284. The smallest absolute Gasteiger partial charge is 0.239 e. The van der Waals surface area contributed by atoms with Crippen LogP contribution in [0.2, 0.25) is 0 Å². The Kier molecular flexibility index (Phi) is 4.64. The molecule has 1 aliphatic heterocycles. The normalized spacial score (nSPS) is 16.0. The molecule has 6 N–H and O–H groups in total. The van der Waals surface area contributed by atoms with Crippen molar-refractivity contribution >= 4 is 17.4 Å². The van der Waals surface area contributed by atoms with Gasteiger partial charge in [-0.05, 0) is 29.8 Å². The second-order valence-corrected chi connectivity index (χ2v) is 5.74. The third-order valence-electron chi connectivity index (χ3n) is 4.21. The number of benzene rings is 2. The summed E-state index contributed by atoms with van der Waals surface area (Å²) in [6, 6.07) is 12.8. The number of hydrazine groups is 1. The predicted molar refractivity (Wildman–Crippen MR) is 92.0 cm³/mol. The molecular weight excluding hydrogens is 325 g/mol. The molecule has 8 heteroatoms. The molecule has 0 spiro atoms. The fourth-order valence-electron chi connectivity index (χ4n) is 2.66. The van der Waals surface area contributed by atoms with E-state index >= 15 is 0 Å². The van der Waals surface area contributed by atoms with E-state index in [1.165, 1.54) is 24.3 Å². The van der Waals surface area contributed by atoms with Crippen LogP contribution in [-0.2, 0) is 14.9 Å². The zero-order valence-corrected chi connectivity index (χ0v) is 13.3. The highest BCUT2D eigenvalue weighted by Crippen LogP contribution is 2.34. The third-order valence-corrected chi connectivity index (χ3v) is 4.21. The summed E-state index contributed by atoms with van der Waals surface area (Å²) in [5.74, 6) is 10.4. The predicted octanol–water partition coefficient (Wildman–Crippen LogP) is 0.816. The zero-order valence-electron chi connectivity index (χ0n) is 13.3. The highest BCUT2D eigenvalue weighted by Gasteiger charge is 2.47. The summed E-state index contributed by atoms with van der Waals surface area (Å²) in [6.07, 6.45) is 0. The Hall–Kier alpha value is -2.97. The van der Waals surface area contributed by atoms with Crippen LogP contribution in [0.4, 0.5) is 10.1 Å². The van der Waals surface area contributed by atoms with E-state index < -0.39 is 5.41 Å². The average molecular weight is 343 g/mol. The maximum Gasteiger partial charge on any atom is 0.239 e. The molecule has 1 amide bonds. The summed E-state index contributed by atoms with van der Waals surface area (Å²) in [6.45, 7) is 0.540. The molecule has 0 radical (unpaired) electrons. The van der Waals surface area contributed by atoms with E-state index in [0.29, 0.717) is 17.1 Å². The summed E-state index contributed by atoms with van der Waals surface area (Å²) in [4.78, 5) is 12.8. The second-order valence-electron chi connectivity index (χ2n) is 5.74. The van der Waals surface area contributed by atoms with Gasteiger partial charge in [-0.25, -0.2) is 10.2 Å². The van der Waals surface area contributed by atoms with Crippen molar-refractivity contribution < 1.29 is 13.9 Å². The van der Waals surface area contributed by atoms with E-state index in [-0.39, 0.29) is 24.9 Å². The molecule has 1 saturated heterocycles. The van der Waals surface area contributed by atoms with E-state index in [2.05, 4.69) is 15.8 Å². The van der Waals surface area contributed by atoms with Crippen molar-refractivity contribution in [2.75, 3.05) is 18.5 Å². The van der Waals surface area contributed by atoms with Crippen LogP contribution < -0.4 is 22.4 Å². The number of anilines is 1. The zero-order chi connectivity index (χ0) is 17.9. The van der Waals surface area contributed by atoms with Gasteiger partial charge in [0.05, 0.1) is 13.2 Å². The number of carbonyl (C=O) groups excluding carboxylic acids is 1. The lowest BCUT2D eigenvalue weighted by Gasteiger charge is -2.40. The van der Waals surface area contributed by atoms with E-state index in [1.54, 1.807) is 12.1 Å². The van der Waals surface area contributed by atoms with Gasteiger partial charge in [0.15, 0.2) is 5.84 Å². The molecule has 0 saturated carbocycles. The van der Waals surface area contributed by atoms with E-state index in [9.17, 15) is 9.18 Å². The van der Waals surface area contributed by atoms with E-state index in [1.807, 2.05) is 12.1 Å². The fourth-order valence-corrected chi connectivity index (χ4v) is 2.66. The molecule has 2 aromatic carbocycles. The molecule has 1 aliphatic rings. The number of amides is 1. The van der Waals surface area contributed by atoms with Crippen LogP contribution in [0.1, 0.15) is 11.1 Å². The lowest BCUT2D eigenvalue weighted by molar-refractivity contribution is -0.139. The number of nitrogens with zero attached hydrogens (tertiary/aromatic N) is 1. The monoisotopic (exact) mass is 343 g/mol. The average Bonchev–Trinajstić information content (AvgIpc) is 2.58. The number of hydrazone groups is 1. The SMILES string of the molecule is N/N=C(\NN)c1ccc(C2(C(=O)Nc3ccc(F)cc3)COC2)cc1. The van der Waals surface area contributed by atoms with Gasteiger partial charge in [0, 0.05) is 11.3 Å². The molecule has 1 heterocycles. The molecule has 0 aromatic heterocycles. The number of carbonyl (C=O) groups is 1. The Labute approximate surface area is 143 Å². The van der Waals surface area contributed by atoms with Crippen LogP contribution in [0.15, 0.2) is 53.6 Å². The van der Waals surface area contributed by atoms with Gasteiger partial charge >= 0.3 is 0 Å². The minimum absolute atomic E-state index is 0.206. The van der Waals surface area contributed by atoms with Crippen LogP contribution in [0.5, 0.6) is 0 Å². The third kappa shape index (κ3) is 3.17. The van der Waals surface area contributed by atoms with Crippen LogP contribution in [0, 0.1) is 5.82 Å². The summed E-state index contributed by atoms with van der Waals surface area (Å²) in [5.41, 5.74) is 3.64. The summed E-state index contributed by atoms with van der Waals surface area (Å²) >= 11 is 0. The molecular formula is C17H18FN5O2. The number of ether oxygens (including phenoxy) is 1. The molecule has 2 aromatic rings. The van der Waals surface area contributed by atoms with E-state index in [4.69, 9.17) is 16.4 Å². The van der Waals surface area contributed by atoms with Crippen molar-refractivity contribution in [1.29, 1.82) is 0 Å². The maximum absolute atomic E-state index is 13.0. The summed E-state index contributed by atoms with van der Waals surface area (Å²) in [5, 5.41) is 6.36. The van der Waals surface area contributed by atoms with E-state index in [0.717, 1.165) is 5.56 Å². The van der Waals surface area contributed by atoms with Gasteiger partial charge in [-0.3, -0.25) is 4.79 Å². The molecule has 0 aliphatic carbocycles. The first-order chi connectivity index (χ1) is 12.1. The molecule has 7 nitrogen and oxygen atoms in total. The lowest BCUT2D eigenvalue weighted by Crippen LogP contribution is -2.55. The lowest BCUT2D eigenvalue weighted by atomic mass is 9.77. The van der Waals surface area contributed by atoms with Crippen molar-refractivity contribution in [2.45, 2.75) is 5.41 Å². The van der Waals surface area contributed by atoms with Gasteiger partial charge in [-0.2, -0.15) is 5.10 Å². The van der Waals surface area contributed by atoms with Crippen molar-refractivity contribution in [1.82, 2.24) is 5.43 Å². The topological polar surface area (TPSA) is 115 Å². The van der Waals surface area contributed by atoms with Crippen LogP contribution in [0.3, 0.4) is 0 Å². The highest BCUT2D eigenvalue weighted by atomic mass is 19.1. The minimum Gasteiger partial charge on any atom is -0.378 e. The Morgan fingerprint density at radius 3 is 2.24 bits per heavy atom. The second kappa shape index (κ2) is 6.88. The number of halogens is 1. The van der Waals surface area contributed by atoms with Crippen molar-refractivity contribution in [3.8, 4) is 0 Å². The van der Waals surface area contributed by atoms with Gasteiger partial charge in [0.2, 0.25) is 5.91 Å². The van der Waals surface area contributed by atoms with Crippen LogP contribution in [0.25, 0.3) is 0 Å². The first-order valence-corrected chi connectivity index (χ1v) is 7.59. The van der Waals surface area contributed by atoms with Crippen LogP contribution >= 0.6 is 0 Å². The fraction of sp³-hybridized carbons (Fsp3) is 0.176. The van der Waals surface area contributed by atoms with Gasteiger partial charge in [0.25, 0.3) is 0 Å². The number of rotatable bonds is 4. The Morgan fingerprint density at radius 1 is 1.12 bits per heavy atom. The maximum atomic E-state index is 13.0. The largest absolute Gasteiger partial charge is 0.378 e. The molecule has 0 bridgehead atoms. The molecule has 130 valence electrons. The number of nitrogens with two attached hydrogens (primary N) is 2. The van der Waals surface area contributed by atoms with Gasteiger partial charge < -0.3 is 21.3 Å². The Morgan fingerprint density at radius 2 is 1.76 bits per heavy atom. The van der Waals surface area contributed by atoms with Gasteiger partial charge in [0.1, 0.15) is 11.2 Å². The Balaban J connectivity index is 1.82.